The van der Waals surface area contributed by atoms with Gasteiger partial charge in [0.15, 0.2) is 0 Å². The number of halogens is 1. The van der Waals surface area contributed by atoms with E-state index >= 15 is 0 Å². The Morgan fingerprint density at radius 3 is 2.89 bits per heavy atom. The monoisotopic (exact) mass is 282 g/mol. The number of amides is 1. The summed E-state index contributed by atoms with van der Waals surface area (Å²) in [5.41, 5.74) is 0.607. The number of benzene rings is 1. The Hall–Kier alpha value is -1.07. The molecule has 1 N–H and O–H groups in total. The molecule has 1 aliphatic rings. The number of hydrogen-bond acceptors (Lipinski definition) is 3. The van der Waals surface area contributed by atoms with Crippen LogP contribution >= 0.6 is 11.8 Å². The van der Waals surface area contributed by atoms with E-state index in [-0.39, 0.29) is 11.7 Å². The molecule has 1 heterocycles. The van der Waals surface area contributed by atoms with Crippen LogP contribution in [0.3, 0.4) is 0 Å². The number of anilines is 1. The van der Waals surface area contributed by atoms with E-state index in [4.69, 9.17) is 0 Å². The van der Waals surface area contributed by atoms with E-state index in [0.29, 0.717) is 16.7 Å². The van der Waals surface area contributed by atoms with Gasteiger partial charge in [0, 0.05) is 18.0 Å². The zero-order valence-corrected chi connectivity index (χ0v) is 11.9. The Kier molecular flexibility index (Phi) is 5.22. The van der Waals surface area contributed by atoms with Crippen molar-refractivity contribution in [1.82, 2.24) is 5.32 Å². The highest BCUT2D eigenvalue weighted by molar-refractivity contribution is 8.00. The number of nitrogens with zero attached hydrogens (tertiary/aromatic N) is 1. The summed E-state index contributed by atoms with van der Waals surface area (Å²) in [6.45, 7) is 2.07. The van der Waals surface area contributed by atoms with Gasteiger partial charge in [0.05, 0.1) is 5.75 Å². The van der Waals surface area contributed by atoms with Crippen LogP contribution in [0.25, 0.3) is 0 Å². The van der Waals surface area contributed by atoms with Crippen LogP contribution in [0.4, 0.5) is 10.1 Å². The summed E-state index contributed by atoms with van der Waals surface area (Å²) in [6, 6.07) is 6.13. The van der Waals surface area contributed by atoms with Gasteiger partial charge in [0.1, 0.15) is 5.82 Å². The zero-order valence-electron chi connectivity index (χ0n) is 11.1. The first-order chi connectivity index (χ1) is 9.16. The van der Waals surface area contributed by atoms with Crippen molar-refractivity contribution in [3.05, 3.63) is 30.1 Å². The second kappa shape index (κ2) is 6.91. The number of carbonyl (C=O) groups excluding carboxylic acids is 1. The van der Waals surface area contributed by atoms with Gasteiger partial charge in [-0.2, -0.15) is 0 Å². The van der Waals surface area contributed by atoms with E-state index in [0.717, 1.165) is 25.9 Å². The van der Waals surface area contributed by atoms with Crippen LogP contribution in [0.2, 0.25) is 0 Å². The fourth-order valence-corrected chi connectivity index (χ4v) is 3.22. The molecule has 1 saturated heterocycles. The second-order valence-electron chi connectivity index (χ2n) is 4.69. The maximum absolute atomic E-state index is 13.1. The van der Waals surface area contributed by atoms with E-state index in [2.05, 4.69) is 5.32 Å². The quantitative estimate of drug-likeness (QED) is 0.919. The van der Waals surface area contributed by atoms with Crippen molar-refractivity contribution in [2.45, 2.75) is 18.1 Å². The van der Waals surface area contributed by atoms with Gasteiger partial charge in [-0.1, -0.05) is 6.07 Å². The minimum atomic E-state index is -0.317. The summed E-state index contributed by atoms with van der Waals surface area (Å²) in [5, 5.41) is 3.87. The molecular formula is C14H19FN2OS. The van der Waals surface area contributed by atoms with Gasteiger partial charge in [-0.25, -0.2) is 4.39 Å². The Morgan fingerprint density at radius 2 is 2.21 bits per heavy atom. The summed E-state index contributed by atoms with van der Waals surface area (Å²) < 4.78 is 13.1. The number of carbonyl (C=O) groups is 1. The fraction of sp³-hybridized carbons (Fsp3) is 0.500. The van der Waals surface area contributed by atoms with Gasteiger partial charge in [-0.05, 0) is 44.1 Å². The van der Waals surface area contributed by atoms with Crippen molar-refractivity contribution in [1.29, 1.82) is 0 Å². The van der Waals surface area contributed by atoms with Crippen LogP contribution in [-0.4, -0.2) is 37.0 Å². The molecule has 19 heavy (non-hydrogen) atoms. The largest absolute Gasteiger partial charge is 0.317 e. The molecule has 0 unspecified atom stereocenters. The highest BCUT2D eigenvalue weighted by Crippen LogP contribution is 2.21. The molecule has 2 rings (SSSR count). The van der Waals surface area contributed by atoms with Gasteiger partial charge < -0.3 is 10.2 Å². The van der Waals surface area contributed by atoms with E-state index < -0.39 is 0 Å². The molecule has 0 saturated carbocycles. The van der Waals surface area contributed by atoms with Gasteiger partial charge in [-0.15, -0.1) is 11.8 Å². The number of thioether (sulfide) groups is 1. The Balaban J connectivity index is 1.85. The molecule has 5 heteroatoms. The lowest BCUT2D eigenvalue weighted by atomic mass is 10.2. The van der Waals surface area contributed by atoms with Crippen molar-refractivity contribution in [3.63, 3.8) is 0 Å². The third kappa shape index (κ3) is 4.21. The molecule has 0 bridgehead atoms. The van der Waals surface area contributed by atoms with E-state index in [9.17, 15) is 9.18 Å². The number of rotatable bonds is 4. The average molecular weight is 282 g/mol. The molecule has 1 aromatic rings. The van der Waals surface area contributed by atoms with Crippen LogP contribution in [0.1, 0.15) is 12.8 Å². The minimum absolute atomic E-state index is 0.0223. The molecule has 104 valence electrons. The molecule has 1 aromatic carbocycles. The van der Waals surface area contributed by atoms with E-state index in [1.165, 1.54) is 17.0 Å². The maximum atomic E-state index is 13.1. The predicted molar refractivity (Wildman–Crippen MR) is 78.2 cm³/mol. The van der Waals surface area contributed by atoms with Gasteiger partial charge in [0.25, 0.3) is 0 Å². The highest BCUT2D eigenvalue weighted by Gasteiger charge is 2.17. The van der Waals surface area contributed by atoms with Crippen molar-refractivity contribution < 1.29 is 9.18 Å². The fourth-order valence-electron chi connectivity index (χ4n) is 2.08. The van der Waals surface area contributed by atoms with Crippen molar-refractivity contribution >= 4 is 23.4 Å². The molecule has 0 aromatic heterocycles. The first-order valence-corrected chi connectivity index (χ1v) is 7.56. The molecule has 1 aliphatic heterocycles. The lowest BCUT2D eigenvalue weighted by Crippen LogP contribution is -2.32. The van der Waals surface area contributed by atoms with Crippen molar-refractivity contribution in [2.24, 2.45) is 0 Å². The standard InChI is InChI=1S/C14H19FN2OS/c1-17(12-4-2-3-11(15)9-12)14(18)10-19-13-5-7-16-8-6-13/h2-4,9,13,16H,5-8,10H2,1H3. The SMILES string of the molecule is CN(C(=O)CSC1CCNCC1)c1cccc(F)c1. The zero-order chi connectivity index (χ0) is 13.7. The van der Waals surface area contributed by atoms with Crippen LogP contribution in [0.15, 0.2) is 24.3 Å². The normalized spacial score (nSPS) is 16.3. The van der Waals surface area contributed by atoms with Crippen molar-refractivity contribution in [2.75, 3.05) is 30.8 Å². The molecule has 1 amide bonds. The summed E-state index contributed by atoms with van der Waals surface area (Å²) in [4.78, 5) is 13.6. The summed E-state index contributed by atoms with van der Waals surface area (Å²) in [6.07, 6.45) is 2.23. The molecule has 0 spiro atoms. The molecule has 1 fully saturated rings. The summed E-state index contributed by atoms with van der Waals surface area (Å²) in [7, 11) is 1.69. The smallest absolute Gasteiger partial charge is 0.236 e. The van der Waals surface area contributed by atoms with Crippen LogP contribution < -0.4 is 10.2 Å². The summed E-state index contributed by atoms with van der Waals surface area (Å²) >= 11 is 1.71. The van der Waals surface area contributed by atoms with Crippen LogP contribution in [0.5, 0.6) is 0 Å². The van der Waals surface area contributed by atoms with Crippen LogP contribution in [-0.2, 0) is 4.79 Å². The number of hydrogen-bond donors (Lipinski definition) is 1. The van der Waals surface area contributed by atoms with E-state index in [1.54, 1.807) is 30.9 Å². The second-order valence-corrected chi connectivity index (χ2v) is 5.98. The topological polar surface area (TPSA) is 32.3 Å². The average Bonchev–Trinajstić information content (AvgIpc) is 2.45. The molecular weight excluding hydrogens is 263 g/mol. The predicted octanol–water partition coefficient (Wildman–Crippen LogP) is 2.27. The van der Waals surface area contributed by atoms with Gasteiger partial charge in [-0.3, -0.25) is 4.79 Å². The minimum Gasteiger partial charge on any atom is -0.317 e. The summed E-state index contributed by atoms with van der Waals surface area (Å²) in [5.74, 6) is 0.162. The maximum Gasteiger partial charge on any atom is 0.236 e. The first kappa shape index (κ1) is 14.3. The lowest BCUT2D eigenvalue weighted by Gasteiger charge is -2.23. The molecule has 3 nitrogen and oxygen atoms in total. The Labute approximate surface area is 117 Å². The third-order valence-corrected chi connectivity index (χ3v) is 4.65. The van der Waals surface area contributed by atoms with E-state index in [1.807, 2.05) is 0 Å². The van der Waals surface area contributed by atoms with Gasteiger partial charge in [0.2, 0.25) is 5.91 Å². The molecule has 0 radical (unpaired) electrons. The highest BCUT2D eigenvalue weighted by atomic mass is 32.2. The first-order valence-electron chi connectivity index (χ1n) is 6.51. The lowest BCUT2D eigenvalue weighted by molar-refractivity contribution is -0.115. The third-order valence-electron chi connectivity index (χ3n) is 3.30. The molecule has 0 aliphatic carbocycles. The van der Waals surface area contributed by atoms with Gasteiger partial charge >= 0.3 is 0 Å². The Bertz CT molecular complexity index is 435. The van der Waals surface area contributed by atoms with Crippen molar-refractivity contribution in [3.8, 4) is 0 Å². The number of piperidine rings is 1. The van der Waals surface area contributed by atoms with Crippen LogP contribution in [0, 0.1) is 5.82 Å². The number of nitrogens with one attached hydrogen (secondary N) is 1. The Morgan fingerprint density at radius 1 is 1.47 bits per heavy atom. The molecule has 0 atom stereocenters.